The van der Waals surface area contributed by atoms with Gasteiger partial charge in [0.2, 0.25) is 0 Å². The summed E-state index contributed by atoms with van der Waals surface area (Å²) < 4.78 is 0. The Morgan fingerprint density at radius 2 is 1.89 bits per heavy atom. The Morgan fingerprint density at radius 1 is 1.28 bits per heavy atom. The molecule has 0 aliphatic rings. The summed E-state index contributed by atoms with van der Waals surface area (Å²) in [7, 11) is 0. The van der Waals surface area contributed by atoms with Crippen LogP contribution in [-0.2, 0) is 0 Å². The molecule has 0 unspecified atom stereocenters. The summed E-state index contributed by atoms with van der Waals surface area (Å²) in [6, 6.07) is 1.64. The Balaban J connectivity index is 2.97. The molecule has 3 N–H and O–H groups in total. The maximum Gasteiger partial charge on any atom is 0.147 e. The van der Waals surface area contributed by atoms with E-state index in [4.69, 9.17) is 23.2 Å². The normalized spacial score (nSPS) is 11.4. The lowest BCUT2D eigenvalue weighted by atomic mass is 10.1. The SMILES string of the molecule is CCCNc1nc(NC(C)(C)CO)c(Cl)cc1Cl. The van der Waals surface area contributed by atoms with Crippen LogP contribution >= 0.6 is 23.2 Å². The lowest BCUT2D eigenvalue weighted by molar-refractivity contribution is 0.234. The number of nitrogens with zero attached hydrogens (tertiary/aromatic N) is 1. The molecule has 1 rings (SSSR count). The highest BCUT2D eigenvalue weighted by Crippen LogP contribution is 2.30. The predicted octanol–water partition coefficient (Wildman–Crippen LogP) is 3.39. The second-order valence-electron chi connectivity index (χ2n) is 4.74. The van der Waals surface area contributed by atoms with Gasteiger partial charge in [0, 0.05) is 6.54 Å². The Hall–Kier alpha value is -0.710. The highest BCUT2D eigenvalue weighted by atomic mass is 35.5. The van der Waals surface area contributed by atoms with Crippen molar-refractivity contribution in [1.29, 1.82) is 0 Å². The molecule has 0 fully saturated rings. The molecule has 0 bridgehead atoms. The first-order valence-electron chi connectivity index (χ1n) is 5.88. The van der Waals surface area contributed by atoms with Crippen molar-refractivity contribution < 1.29 is 5.11 Å². The fourth-order valence-electron chi connectivity index (χ4n) is 1.28. The van der Waals surface area contributed by atoms with Gasteiger partial charge in [-0.1, -0.05) is 30.1 Å². The number of aliphatic hydroxyl groups is 1. The molecule has 4 nitrogen and oxygen atoms in total. The summed E-state index contributed by atoms with van der Waals surface area (Å²) in [5.41, 5.74) is -0.494. The molecule has 6 heteroatoms. The van der Waals surface area contributed by atoms with E-state index in [1.807, 2.05) is 13.8 Å². The maximum absolute atomic E-state index is 9.24. The molecule has 0 saturated heterocycles. The van der Waals surface area contributed by atoms with Gasteiger partial charge in [0.05, 0.1) is 22.2 Å². The third-order valence-corrected chi connectivity index (χ3v) is 2.90. The fourth-order valence-corrected chi connectivity index (χ4v) is 1.75. The number of halogens is 2. The molecular formula is C12H19Cl2N3O. The average molecular weight is 292 g/mol. The first-order valence-corrected chi connectivity index (χ1v) is 6.64. The predicted molar refractivity (Wildman–Crippen MR) is 77.8 cm³/mol. The van der Waals surface area contributed by atoms with Crippen LogP contribution in [-0.4, -0.2) is 28.8 Å². The van der Waals surface area contributed by atoms with Crippen LogP contribution in [0.15, 0.2) is 6.07 Å². The standard InChI is InChI=1S/C12H19Cl2N3O/c1-4-5-15-10-8(13)6-9(14)11(16-10)17-12(2,3)7-18/h6,18H,4-5,7H2,1-3H3,(H2,15,16,17). The largest absolute Gasteiger partial charge is 0.394 e. The molecule has 1 aromatic heterocycles. The molecule has 0 saturated carbocycles. The van der Waals surface area contributed by atoms with Crippen molar-refractivity contribution in [1.82, 2.24) is 4.98 Å². The Morgan fingerprint density at radius 3 is 2.44 bits per heavy atom. The molecule has 0 spiro atoms. The topological polar surface area (TPSA) is 57.2 Å². The van der Waals surface area contributed by atoms with E-state index in [1.165, 1.54) is 0 Å². The van der Waals surface area contributed by atoms with E-state index in [9.17, 15) is 5.11 Å². The maximum atomic E-state index is 9.24. The van der Waals surface area contributed by atoms with Crippen molar-refractivity contribution >= 4 is 34.8 Å². The second-order valence-corrected chi connectivity index (χ2v) is 5.56. The van der Waals surface area contributed by atoms with E-state index < -0.39 is 5.54 Å². The first-order chi connectivity index (χ1) is 8.39. The highest BCUT2D eigenvalue weighted by Gasteiger charge is 2.19. The van der Waals surface area contributed by atoms with Gasteiger partial charge < -0.3 is 15.7 Å². The third-order valence-electron chi connectivity index (χ3n) is 2.32. The first kappa shape index (κ1) is 15.3. The Kier molecular flexibility index (Phi) is 5.50. The smallest absolute Gasteiger partial charge is 0.147 e. The molecular weight excluding hydrogens is 273 g/mol. The van der Waals surface area contributed by atoms with Crippen molar-refractivity contribution in [3.8, 4) is 0 Å². The Bertz CT molecular complexity index is 411. The number of hydrogen-bond acceptors (Lipinski definition) is 4. The van der Waals surface area contributed by atoms with Crippen LogP contribution < -0.4 is 10.6 Å². The van der Waals surface area contributed by atoms with Gasteiger partial charge >= 0.3 is 0 Å². The minimum Gasteiger partial charge on any atom is -0.394 e. The molecule has 0 aliphatic carbocycles. The molecule has 1 heterocycles. The fraction of sp³-hybridized carbons (Fsp3) is 0.583. The van der Waals surface area contributed by atoms with Crippen molar-refractivity contribution in [2.45, 2.75) is 32.7 Å². The van der Waals surface area contributed by atoms with Gasteiger partial charge in [-0.3, -0.25) is 0 Å². The number of anilines is 2. The zero-order chi connectivity index (χ0) is 13.8. The van der Waals surface area contributed by atoms with Crippen molar-refractivity contribution in [2.24, 2.45) is 0 Å². The van der Waals surface area contributed by atoms with Gasteiger partial charge in [-0.25, -0.2) is 4.98 Å². The van der Waals surface area contributed by atoms with Crippen LogP contribution in [0.4, 0.5) is 11.6 Å². The zero-order valence-electron chi connectivity index (χ0n) is 10.8. The summed E-state index contributed by atoms with van der Waals surface area (Å²) in [4.78, 5) is 4.35. The van der Waals surface area contributed by atoms with E-state index in [2.05, 4.69) is 22.5 Å². The lowest BCUT2D eigenvalue weighted by Gasteiger charge is -2.25. The monoisotopic (exact) mass is 291 g/mol. The summed E-state index contributed by atoms with van der Waals surface area (Å²) in [5, 5.41) is 16.4. The Labute approximate surface area is 118 Å². The average Bonchev–Trinajstić information content (AvgIpc) is 2.31. The molecule has 1 aromatic rings. The number of aromatic nitrogens is 1. The minimum atomic E-state index is -0.494. The number of pyridine rings is 1. The van der Waals surface area contributed by atoms with E-state index in [-0.39, 0.29) is 6.61 Å². The summed E-state index contributed by atoms with van der Waals surface area (Å²) in [5.74, 6) is 1.11. The molecule has 0 aromatic carbocycles. The van der Waals surface area contributed by atoms with Gasteiger partial charge in [-0.15, -0.1) is 0 Å². The van der Waals surface area contributed by atoms with Crippen molar-refractivity contribution in [3.63, 3.8) is 0 Å². The van der Waals surface area contributed by atoms with E-state index in [1.54, 1.807) is 6.07 Å². The lowest BCUT2D eigenvalue weighted by Crippen LogP contribution is -2.35. The molecule has 0 amide bonds. The second kappa shape index (κ2) is 6.45. The van der Waals surface area contributed by atoms with Gasteiger partial charge in [0.25, 0.3) is 0 Å². The zero-order valence-corrected chi connectivity index (χ0v) is 12.4. The summed E-state index contributed by atoms with van der Waals surface area (Å²) in [6.45, 7) is 6.55. The van der Waals surface area contributed by atoms with Crippen LogP contribution in [0.1, 0.15) is 27.2 Å². The van der Waals surface area contributed by atoms with E-state index in [0.717, 1.165) is 13.0 Å². The number of rotatable bonds is 6. The molecule has 0 aliphatic heterocycles. The van der Waals surface area contributed by atoms with E-state index >= 15 is 0 Å². The van der Waals surface area contributed by atoms with Gasteiger partial charge in [0.1, 0.15) is 11.6 Å². The number of aliphatic hydroxyl groups excluding tert-OH is 1. The van der Waals surface area contributed by atoms with Gasteiger partial charge in [-0.2, -0.15) is 0 Å². The molecule has 102 valence electrons. The highest BCUT2D eigenvalue weighted by molar-refractivity contribution is 6.37. The van der Waals surface area contributed by atoms with Crippen molar-refractivity contribution in [3.05, 3.63) is 16.1 Å². The minimum absolute atomic E-state index is 0.0225. The summed E-state index contributed by atoms with van der Waals surface area (Å²) >= 11 is 12.1. The third kappa shape index (κ3) is 4.19. The van der Waals surface area contributed by atoms with Crippen LogP contribution in [0.2, 0.25) is 10.0 Å². The number of hydrogen-bond donors (Lipinski definition) is 3. The number of nitrogens with one attached hydrogen (secondary N) is 2. The van der Waals surface area contributed by atoms with Crippen LogP contribution in [0.25, 0.3) is 0 Å². The summed E-state index contributed by atoms with van der Waals surface area (Å²) in [6.07, 6.45) is 0.978. The molecule has 0 radical (unpaired) electrons. The van der Waals surface area contributed by atoms with Crippen LogP contribution in [0.3, 0.4) is 0 Å². The van der Waals surface area contributed by atoms with Crippen LogP contribution in [0, 0.1) is 0 Å². The molecule has 18 heavy (non-hydrogen) atoms. The van der Waals surface area contributed by atoms with E-state index in [0.29, 0.717) is 21.7 Å². The quantitative estimate of drug-likeness (QED) is 0.752. The van der Waals surface area contributed by atoms with Gasteiger partial charge in [-0.05, 0) is 26.3 Å². The molecule has 0 atom stereocenters. The van der Waals surface area contributed by atoms with Crippen molar-refractivity contribution in [2.75, 3.05) is 23.8 Å². The van der Waals surface area contributed by atoms with Gasteiger partial charge in [0.15, 0.2) is 0 Å². The van der Waals surface area contributed by atoms with Crippen LogP contribution in [0.5, 0.6) is 0 Å².